The van der Waals surface area contributed by atoms with E-state index in [9.17, 15) is 0 Å². The zero-order valence-corrected chi connectivity index (χ0v) is 24.9. The SMILES string of the molecule is C=C(CC1(C)COC2(CC(C)(C)NC(C)(C)C2)OC1)CC1(C)COC2(CC(C)(C)NC(C)(C)C2)OC1. The van der Waals surface area contributed by atoms with Gasteiger partial charge in [0.15, 0.2) is 11.6 Å². The van der Waals surface area contributed by atoms with E-state index < -0.39 is 11.6 Å². The van der Waals surface area contributed by atoms with Gasteiger partial charge in [0.25, 0.3) is 0 Å². The van der Waals surface area contributed by atoms with Gasteiger partial charge in [-0.1, -0.05) is 26.0 Å². The van der Waals surface area contributed by atoms with Crippen LogP contribution in [-0.4, -0.2) is 60.2 Å². The largest absolute Gasteiger partial charge is 0.349 e. The number of ether oxygens (including phenoxy) is 4. The van der Waals surface area contributed by atoms with Crippen LogP contribution in [0.1, 0.15) is 108 Å². The van der Waals surface area contributed by atoms with Gasteiger partial charge in [-0.05, 0) is 68.2 Å². The van der Waals surface area contributed by atoms with Crippen molar-refractivity contribution >= 4 is 0 Å². The van der Waals surface area contributed by atoms with E-state index in [2.05, 4.69) is 86.4 Å². The third-order valence-electron chi connectivity index (χ3n) is 8.29. The summed E-state index contributed by atoms with van der Waals surface area (Å²) in [6, 6.07) is 0. The van der Waals surface area contributed by atoms with Crippen LogP contribution >= 0.6 is 0 Å². The van der Waals surface area contributed by atoms with E-state index in [4.69, 9.17) is 18.9 Å². The van der Waals surface area contributed by atoms with E-state index in [0.29, 0.717) is 26.4 Å². The van der Waals surface area contributed by atoms with Crippen LogP contribution in [0.4, 0.5) is 0 Å². The lowest BCUT2D eigenvalue weighted by Crippen LogP contribution is -2.66. The molecule has 0 aromatic heterocycles. The van der Waals surface area contributed by atoms with Crippen molar-refractivity contribution in [3.8, 4) is 0 Å². The van der Waals surface area contributed by atoms with Gasteiger partial charge < -0.3 is 29.6 Å². The maximum absolute atomic E-state index is 6.56. The van der Waals surface area contributed by atoms with Crippen LogP contribution in [0.2, 0.25) is 0 Å². The predicted molar refractivity (Wildman–Crippen MR) is 145 cm³/mol. The highest BCUT2D eigenvalue weighted by molar-refractivity contribution is 5.09. The number of piperidine rings is 2. The molecule has 36 heavy (non-hydrogen) atoms. The molecule has 4 aliphatic heterocycles. The second-order valence-electron chi connectivity index (χ2n) is 16.2. The molecule has 0 aromatic carbocycles. The van der Waals surface area contributed by atoms with Crippen LogP contribution in [0.25, 0.3) is 0 Å². The first-order valence-electron chi connectivity index (χ1n) is 14.0. The van der Waals surface area contributed by atoms with Gasteiger partial charge >= 0.3 is 0 Å². The summed E-state index contributed by atoms with van der Waals surface area (Å²) in [5.41, 5.74) is 0.992. The molecule has 6 nitrogen and oxygen atoms in total. The Kier molecular flexibility index (Phi) is 6.93. The monoisotopic (exact) mass is 506 g/mol. The predicted octanol–water partition coefficient (Wildman–Crippen LogP) is 5.70. The summed E-state index contributed by atoms with van der Waals surface area (Å²) in [5.74, 6) is -0.998. The van der Waals surface area contributed by atoms with E-state index in [-0.39, 0.29) is 33.0 Å². The fourth-order valence-electron chi connectivity index (χ4n) is 8.10. The second kappa shape index (κ2) is 8.76. The van der Waals surface area contributed by atoms with Gasteiger partial charge in [-0.25, -0.2) is 0 Å². The molecule has 0 unspecified atom stereocenters. The molecule has 0 atom stereocenters. The summed E-state index contributed by atoms with van der Waals surface area (Å²) in [5, 5.41) is 7.47. The Morgan fingerprint density at radius 2 is 0.778 bits per heavy atom. The van der Waals surface area contributed by atoms with E-state index in [1.54, 1.807) is 0 Å². The Morgan fingerprint density at radius 1 is 0.528 bits per heavy atom. The lowest BCUT2D eigenvalue weighted by Gasteiger charge is -2.56. The number of nitrogens with one attached hydrogen (secondary N) is 2. The lowest BCUT2D eigenvalue weighted by molar-refractivity contribution is -0.328. The van der Waals surface area contributed by atoms with Crippen molar-refractivity contribution in [3.63, 3.8) is 0 Å². The molecule has 0 amide bonds. The minimum atomic E-state index is -0.499. The molecule has 4 heterocycles. The van der Waals surface area contributed by atoms with E-state index in [1.807, 2.05) is 0 Å². The molecular formula is C30H54N2O4. The Morgan fingerprint density at radius 3 is 1.03 bits per heavy atom. The molecule has 0 aliphatic carbocycles. The van der Waals surface area contributed by atoms with Crippen LogP contribution in [0.3, 0.4) is 0 Å². The molecule has 2 spiro atoms. The molecule has 4 fully saturated rings. The highest BCUT2D eigenvalue weighted by Gasteiger charge is 2.54. The Hall–Kier alpha value is -0.500. The summed E-state index contributed by atoms with van der Waals surface area (Å²) >= 11 is 0. The Bertz CT molecular complexity index is 739. The highest BCUT2D eigenvalue weighted by atomic mass is 16.7. The van der Waals surface area contributed by atoms with Gasteiger partial charge in [-0.3, -0.25) is 0 Å². The van der Waals surface area contributed by atoms with Crippen LogP contribution < -0.4 is 10.6 Å². The molecule has 4 aliphatic rings. The van der Waals surface area contributed by atoms with Crippen molar-refractivity contribution < 1.29 is 18.9 Å². The third kappa shape index (κ3) is 6.55. The quantitative estimate of drug-likeness (QED) is 0.477. The van der Waals surface area contributed by atoms with Crippen molar-refractivity contribution in [3.05, 3.63) is 12.2 Å². The molecule has 0 bridgehead atoms. The van der Waals surface area contributed by atoms with Crippen molar-refractivity contribution in [2.24, 2.45) is 10.8 Å². The van der Waals surface area contributed by atoms with Crippen molar-refractivity contribution in [1.82, 2.24) is 10.6 Å². The molecular weight excluding hydrogens is 452 g/mol. The van der Waals surface area contributed by atoms with Gasteiger partial charge in [-0.15, -0.1) is 0 Å². The van der Waals surface area contributed by atoms with Crippen LogP contribution in [0.5, 0.6) is 0 Å². The Labute approximate surface area is 220 Å². The molecule has 208 valence electrons. The van der Waals surface area contributed by atoms with Gasteiger partial charge in [0.2, 0.25) is 0 Å². The highest BCUT2D eigenvalue weighted by Crippen LogP contribution is 2.48. The lowest BCUT2D eigenvalue weighted by atomic mass is 9.74. The Balaban J connectivity index is 1.32. The average molecular weight is 507 g/mol. The van der Waals surface area contributed by atoms with E-state index in [0.717, 1.165) is 38.5 Å². The summed E-state index contributed by atoms with van der Waals surface area (Å²) in [7, 11) is 0. The van der Waals surface area contributed by atoms with Gasteiger partial charge in [0.1, 0.15) is 0 Å². The molecule has 6 heteroatoms. The minimum absolute atomic E-state index is 0.0230. The standard InChI is InChI=1S/C30H54N2O4/c1-22(12-27(10)18-33-29(34-19-27)14-23(2,3)31-24(4,5)15-29)13-28(11)20-35-30(36-21-28)16-25(6,7)32-26(8,9)17-30/h31-32H,1,12-21H2,2-11H3. The van der Waals surface area contributed by atoms with Crippen LogP contribution in [-0.2, 0) is 18.9 Å². The summed E-state index contributed by atoms with van der Waals surface area (Å²) < 4.78 is 26.3. The number of rotatable bonds is 4. The maximum Gasteiger partial charge on any atom is 0.171 e. The van der Waals surface area contributed by atoms with E-state index in [1.165, 1.54) is 5.57 Å². The second-order valence-corrected chi connectivity index (χ2v) is 16.2. The first-order chi connectivity index (χ1) is 16.2. The molecule has 0 aromatic rings. The van der Waals surface area contributed by atoms with Crippen LogP contribution in [0.15, 0.2) is 12.2 Å². The molecule has 4 saturated heterocycles. The number of hydrogen-bond donors (Lipinski definition) is 2. The molecule has 4 rings (SSSR count). The minimum Gasteiger partial charge on any atom is -0.349 e. The first-order valence-corrected chi connectivity index (χ1v) is 14.0. The van der Waals surface area contributed by atoms with Crippen molar-refractivity contribution in [2.75, 3.05) is 26.4 Å². The topological polar surface area (TPSA) is 61.0 Å². The van der Waals surface area contributed by atoms with E-state index >= 15 is 0 Å². The fraction of sp³-hybridized carbons (Fsp3) is 0.933. The first kappa shape index (κ1) is 28.5. The van der Waals surface area contributed by atoms with Crippen LogP contribution in [0, 0.1) is 10.8 Å². The van der Waals surface area contributed by atoms with Gasteiger partial charge in [0, 0.05) is 58.7 Å². The normalized spacial score (nSPS) is 32.7. The zero-order chi connectivity index (χ0) is 26.9. The summed E-state index contributed by atoms with van der Waals surface area (Å²) in [4.78, 5) is 0. The van der Waals surface area contributed by atoms with Gasteiger partial charge in [0.05, 0.1) is 26.4 Å². The van der Waals surface area contributed by atoms with Gasteiger partial charge in [-0.2, -0.15) is 0 Å². The molecule has 2 N–H and O–H groups in total. The van der Waals surface area contributed by atoms with Crippen molar-refractivity contribution in [1.29, 1.82) is 0 Å². The number of hydrogen-bond acceptors (Lipinski definition) is 6. The summed E-state index contributed by atoms with van der Waals surface area (Å²) in [6.07, 6.45) is 5.21. The third-order valence-corrected chi connectivity index (χ3v) is 8.29. The molecule has 0 saturated carbocycles. The number of allylic oxidation sites excluding steroid dienone is 1. The smallest absolute Gasteiger partial charge is 0.171 e. The molecule has 0 radical (unpaired) electrons. The fourth-order valence-corrected chi connectivity index (χ4v) is 8.10. The summed E-state index contributed by atoms with van der Waals surface area (Å²) in [6.45, 7) is 29.7. The maximum atomic E-state index is 6.56. The van der Waals surface area contributed by atoms with Crippen molar-refractivity contribution in [2.45, 2.75) is 141 Å². The zero-order valence-electron chi connectivity index (χ0n) is 24.9. The average Bonchev–Trinajstić information content (AvgIpc) is 2.62.